The third kappa shape index (κ3) is 3.57. The van der Waals surface area contributed by atoms with Gasteiger partial charge in [-0.1, -0.05) is 26.0 Å². The lowest BCUT2D eigenvalue weighted by atomic mass is 10.1. The summed E-state index contributed by atoms with van der Waals surface area (Å²) < 4.78 is 5.40. The Kier molecular flexibility index (Phi) is 4.83. The first kappa shape index (κ1) is 12.6. The maximum Gasteiger partial charge on any atom is 0.255 e. The highest BCUT2D eigenvalue weighted by molar-refractivity contribution is 5.96. The molecule has 1 aromatic carbocycles. The highest BCUT2D eigenvalue weighted by Gasteiger charge is 2.11. The van der Waals surface area contributed by atoms with Crippen LogP contribution in [0.2, 0.25) is 0 Å². The Bertz CT molecular complexity index is 348. The van der Waals surface area contributed by atoms with Gasteiger partial charge in [0.1, 0.15) is 5.75 Å². The van der Waals surface area contributed by atoms with Crippen LogP contribution in [0, 0.1) is 5.92 Å². The third-order valence-electron chi connectivity index (χ3n) is 2.10. The minimum Gasteiger partial charge on any atom is -0.493 e. The normalized spacial score (nSPS) is 10.2. The van der Waals surface area contributed by atoms with E-state index in [1.165, 1.54) is 0 Å². The Hall–Kier alpha value is -1.51. The van der Waals surface area contributed by atoms with E-state index in [9.17, 15) is 4.79 Å². The van der Waals surface area contributed by atoms with Gasteiger partial charge in [-0.3, -0.25) is 4.79 Å². The van der Waals surface area contributed by atoms with Gasteiger partial charge in [0.05, 0.1) is 12.2 Å². The molecule has 0 atom stereocenters. The molecular formula is C13H19NO2. The number of nitrogens with one attached hydrogen (secondary N) is 1. The number of para-hydroxylation sites is 1. The quantitative estimate of drug-likeness (QED) is 0.829. The second-order valence-corrected chi connectivity index (χ2v) is 4.03. The molecule has 0 fully saturated rings. The van der Waals surface area contributed by atoms with Gasteiger partial charge in [-0.2, -0.15) is 0 Å². The summed E-state index contributed by atoms with van der Waals surface area (Å²) in [6.07, 6.45) is 0. The van der Waals surface area contributed by atoms with Gasteiger partial charge < -0.3 is 10.1 Å². The molecule has 3 nitrogen and oxygen atoms in total. The van der Waals surface area contributed by atoms with Crippen LogP contribution in [0.1, 0.15) is 31.1 Å². The maximum absolute atomic E-state index is 11.9. The number of rotatable bonds is 5. The first-order chi connectivity index (χ1) is 7.65. The van der Waals surface area contributed by atoms with Gasteiger partial charge >= 0.3 is 0 Å². The number of hydrogen-bond donors (Lipinski definition) is 1. The summed E-state index contributed by atoms with van der Waals surface area (Å²) in [5.74, 6) is 1.02. The minimum absolute atomic E-state index is 0.0715. The molecule has 0 aliphatic carbocycles. The van der Waals surface area contributed by atoms with Crippen molar-refractivity contribution in [2.75, 3.05) is 13.2 Å². The largest absolute Gasteiger partial charge is 0.493 e. The molecule has 0 heterocycles. The molecular weight excluding hydrogens is 202 g/mol. The number of ether oxygens (including phenoxy) is 1. The number of hydrogen-bond acceptors (Lipinski definition) is 2. The molecule has 0 aromatic heterocycles. The Morgan fingerprint density at radius 2 is 2.06 bits per heavy atom. The van der Waals surface area contributed by atoms with Crippen molar-refractivity contribution in [1.82, 2.24) is 5.32 Å². The van der Waals surface area contributed by atoms with Crippen molar-refractivity contribution >= 4 is 5.91 Å². The fraction of sp³-hybridized carbons (Fsp3) is 0.462. The average Bonchev–Trinajstić information content (AvgIpc) is 2.27. The molecule has 0 unspecified atom stereocenters. The SMILES string of the molecule is CCOc1ccccc1C(=O)NCC(C)C. The van der Waals surface area contributed by atoms with E-state index >= 15 is 0 Å². The second kappa shape index (κ2) is 6.16. The molecule has 1 aromatic rings. The Balaban J connectivity index is 2.73. The molecule has 3 heteroatoms. The van der Waals surface area contributed by atoms with Gasteiger partial charge in [-0.25, -0.2) is 0 Å². The van der Waals surface area contributed by atoms with Crippen LogP contribution in [-0.2, 0) is 0 Å². The molecule has 0 spiro atoms. The lowest BCUT2D eigenvalue weighted by Gasteiger charge is -2.11. The van der Waals surface area contributed by atoms with Crippen molar-refractivity contribution in [1.29, 1.82) is 0 Å². The number of carbonyl (C=O) groups excluding carboxylic acids is 1. The molecule has 1 amide bonds. The van der Waals surface area contributed by atoms with E-state index in [-0.39, 0.29) is 5.91 Å². The van der Waals surface area contributed by atoms with Crippen LogP contribution >= 0.6 is 0 Å². The molecule has 0 radical (unpaired) electrons. The van der Waals surface area contributed by atoms with E-state index in [2.05, 4.69) is 19.2 Å². The molecule has 88 valence electrons. The van der Waals surface area contributed by atoms with E-state index in [1.807, 2.05) is 25.1 Å². The zero-order chi connectivity index (χ0) is 12.0. The van der Waals surface area contributed by atoms with Crippen molar-refractivity contribution in [3.63, 3.8) is 0 Å². The van der Waals surface area contributed by atoms with Crippen molar-refractivity contribution < 1.29 is 9.53 Å². The molecule has 1 rings (SSSR count). The fourth-order valence-electron chi connectivity index (χ4n) is 1.33. The van der Waals surface area contributed by atoms with Crippen LogP contribution < -0.4 is 10.1 Å². The number of amides is 1. The molecule has 0 aliphatic heterocycles. The van der Waals surface area contributed by atoms with Gasteiger partial charge in [0, 0.05) is 6.54 Å². The Morgan fingerprint density at radius 3 is 2.69 bits per heavy atom. The highest BCUT2D eigenvalue weighted by Crippen LogP contribution is 2.17. The van der Waals surface area contributed by atoms with Crippen LogP contribution in [0.25, 0.3) is 0 Å². The first-order valence-corrected chi connectivity index (χ1v) is 5.65. The highest BCUT2D eigenvalue weighted by atomic mass is 16.5. The van der Waals surface area contributed by atoms with Crippen LogP contribution in [0.3, 0.4) is 0 Å². The van der Waals surface area contributed by atoms with Crippen molar-refractivity contribution in [2.45, 2.75) is 20.8 Å². The standard InChI is InChI=1S/C13H19NO2/c1-4-16-12-8-6-5-7-11(12)13(15)14-9-10(2)3/h5-8,10H,4,9H2,1-3H3,(H,14,15). The molecule has 0 bridgehead atoms. The summed E-state index contributed by atoms with van der Waals surface area (Å²) in [7, 11) is 0. The van der Waals surface area contributed by atoms with E-state index in [1.54, 1.807) is 6.07 Å². The average molecular weight is 221 g/mol. The van der Waals surface area contributed by atoms with Crippen LogP contribution in [-0.4, -0.2) is 19.1 Å². The summed E-state index contributed by atoms with van der Waals surface area (Å²) in [6.45, 7) is 7.28. The van der Waals surface area contributed by atoms with E-state index in [4.69, 9.17) is 4.74 Å². The van der Waals surface area contributed by atoms with Gasteiger partial charge in [0.15, 0.2) is 0 Å². The molecule has 16 heavy (non-hydrogen) atoms. The van der Waals surface area contributed by atoms with E-state index < -0.39 is 0 Å². The van der Waals surface area contributed by atoms with Gasteiger partial charge in [0.25, 0.3) is 5.91 Å². The van der Waals surface area contributed by atoms with Gasteiger partial charge in [-0.15, -0.1) is 0 Å². The fourth-order valence-corrected chi connectivity index (χ4v) is 1.33. The van der Waals surface area contributed by atoms with Crippen LogP contribution in [0.15, 0.2) is 24.3 Å². The predicted octanol–water partition coefficient (Wildman–Crippen LogP) is 2.47. The monoisotopic (exact) mass is 221 g/mol. The van der Waals surface area contributed by atoms with Crippen LogP contribution in [0.5, 0.6) is 5.75 Å². The second-order valence-electron chi connectivity index (χ2n) is 4.03. The van der Waals surface area contributed by atoms with Crippen molar-refractivity contribution in [3.8, 4) is 5.75 Å². The predicted molar refractivity (Wildman–Crippen MR) is 64.8 cm³/mol. The van der Waals surface area contributed by atoms with Crippen molar-refractivity contribution in [2.24, 2.45) is 5.92 Å². The van der Waals surface area contributed by atoms with E-state index in [0.717, 1.165) is 0 Å². The summed E-state index contributed by atoms with van der Waals surface area (Å²) in [6, 6.07) is 7.30. The lowest BCUT2D eigenvalue weighted by molar-refractivity contribution is 0.0945. The topological polar surface area (TPSA) is 38.3 Å². The number of carbonyl (C=O) groups is 1. The van der Waals surface area contributed by atoms with Gasteiger partial charge in [-0.05, 0) is 25.0 Å². The Labute approximate surface area is 96.8 Å². The zero-order valence-electron chi connectivity index (χ0n) is 10.1. The van der Waals surface area contributed by atoms with Crippen molar-refractivity contribution in [3.05, 3.63) is 29.8 Å². The molecule has 0 saturated heterocycles. The molecule has 1 N–H and O–H groups in total. The maximum atomic E-state index is 11.9. The lowest BCUT2D eigenvalue weighted by Crippen LogP contribution is -2.27. The Morgan fingerprint density at radius 1 is 1.38 bits per heavy atom. The van der Waals surface area contributed by atoms with E-state index in [0.29, 0.717) is 30.4 Å². The smallest absolute Gasteiger partial charge is 0.255 e. The molecule has 0 saturated carbocycles. The summed E-state index contributed by atoms with van der Waals surface area (Å²) in [5.41, 5.74) is 0.602. The molecule has 0 aliphatic rings. The zero-order valence-corrected chi connectivity index (χ0v) is 10.1. The summed E-state index contributed by atoms with van der Waals surface area (Å²) in [4.78, 5) is 11.9. The van der Waals surface area contributed by atoms with Crippen LogP contribution in [0.4, 0.5) is 0 Å². The first-order valence-electron chi connectivity index (χ1n) is 5.65. The summed E-state index contributed by atoms with van der Waals surface area (Å²) in [5, 5.41) is 2.88. The number of benzene rings is 1. The third-order valence-corrected chi connectivity index (χ3v) is 2.10. The summed E-state index contributed by atoms with van der Waals surface area (Å²) >= 11 is 0. The minimum atomic E-state index is -0.0715. The van der Waals surface area contributed by atoms with Gasteiger partial charge in [0.2, 0.25) is 0 Å².